The van der Waals surface area contributed by atoms with Gasteiger partial charge in [0.1, 0.15) is 17.3 Å². The first-order valence-corrected chi connectivity index (χ1v) is 8.61. The molecule has 0 spiro atoms. The number of halogens is 4. The van der Waals surface area contributed by atoms with Crippen molar-refractivity contribution in [3.05, 3.63) is 89.3 Å². The van der Waals surface area contributed by atoms with E-state index in [1.165, 1.54) is 53.5 Å². The molecule has 0 amide bonds. The van der Waals surface area contributed by atoms with Crippen LogP contribution in [0.15, 0.2) is 82.4 Å². The Morgan fingerprint density at radius 3 is 2.10 bits per heavy atom. The predicted octanol–water partition coefficient (Wildman–Crippen LogP) is 5.20. The summed E-state index contributed by atoms with van der Waals surface area (Å²) in [5, 5.41) is 0. The van der Waals surface area contributed by atoms with E-state index in [2.05, 4.69) is 9.72 Å². The predicted molar refractivity (Wildman–Crippen MR) is 99.6 cm³/mol. The third-order valence-electron chi connectivity index (χ3n) is 4.21. The zero-order valence-electron chi connectivity index (χ0n) is 15.1. The van der Waals surface area contributed by atoms with E-state index in [-0.39, 0.29) is 5.56 Å². The van der Waals surface area contributed by atoms with Crippen LogP contribution in [0.25, 0.3) is 28.1 Å². The fourth-order valence-electron chi connectivity index (χ4n) is 2.98. The topological polar surface area (TPSA) is 57.3 Å². The first-order chi connectivity index (χ1) is 14.3. The highest BCUT2D eigenvalue weighted by molar-refractivity contribution is 5.81. The van der Waals surface area contributed by atoms with Gasteiger partial charge >= 0.3 is 12.0 Å². The second kappa shape index (κ2) is 7.51. The minimum absolute atomic E-state index is 0.178. The van der Waals surface area contributed by atoms with Crippen molar-refractivity contribution in [2.24, 2.45) is 0 Å². The molecule has 0 bridgehead atoms. The van der Waals surface area contributed by atoms with Crippen molar-refractivity contribution < 1.29 is 26.8 Å². The molecular weight excluding hydrogens is 404 g/mol. The molecule has 2 heterocycles. The highest BCUT2D eigenvalue weighted by atomic mass is 19.4. The number of hydrogen-bond donors (Lipinski definition) is 0. The lowest BCUT2D eigenvalue weighted by Crippen LogP contribution is -2.17. The maximum absolute atomic E-state index is 13.3. The van der Waals surface area contributed by atoms with Crippen LogP contribution in [0.3, 0.4) is 0 Å². The summed E-state index contributed by atoms with van der Waals surface area (Å²) in [6.45, 7) is 0. The molecule has 30 heavy (non-hydrogen) atoms. The lowest BCUT2D eigenvalue weighted by atomic mass is 10.0. The number of rotatable bonds is 4. The van der Waals surface area contributed by atoms with Crippen molar-refractivity contribution in [1.29, 1.82) is 0 Å². The van der Waals surface area contributed by atoms with Crippen LogP contribution < -0.4 is 10.4 Å². The molecule has 2 aromatic heterocycles. The van der Waals surface area contributed by atoms with Crippen molar-refractivity contribution in [2.75, 3.05) is 0 Å². The van der Waals surface area contributed by atoms with Crippen molar-refractivity contribution >= 4 is 0 Å². The molecule has 0 aliphatic rings. The molecule has 0 N–H and O–H groups in total. The summed E-state index contributed by atoms with van der Waals surface area (Å²) in [6, 6.07) is 13.5. The average molecular weight is 416 g/mol. The van der Waals surface area contributed by atoms with E-state index >= 15 is 0 Å². The van der Waals surface area contributed by atoms with Gasteiger partial charge in [-0.2, -0.15) is 4.74 Å². The van der Waals surface area contributed by atoms with Crippen LogP contribution in [0, 0.1) is 5.82 Å². The number of aromatic nitrogens is 2. The highest BCUT2D eigenvalue weighted by Gasteiger charge is 2.31. The number of nitrogens with zero attached hydrogens (tertiary/aromatic N) is 2. The lowest BCUT2D eigenvalue weighted by Gasteiger charge is -2.11. The van der Waals surface area contributed by atoms with Crippen LogP contribution in [0.4, 0.5) is 17.6 Å². The Labute approximate surface area is 166 Å². The Balaban J connectivity index is 1.88. The van der Waals surface area contributed by atoms with Crippen molar-refractivity contribution in [3.8, 4) is 33.8 Å². The summed E-state index contributed by atoms with van der Waals surface area (Å²) in [4.78, 5) is 16.6. The lowest BCUT2D eigenvalue weighted by molar-refractivity contribution is -0.274. The summed E-state index contributed by atoms with van der Waals surface area (Å²) in [7, 11) is 0. The smallest absolute Gasteiger partial charge is 0.406 e. The van der Waals surface area contributed by atoms with E-state index in [0.29, 0.717) is 22.5 Å². The minimum Gasteiger partial charge on any atom is -0.406 e. The second-order valence-electron chi connectivity index (χ2n) is 6.18. The van der Waals surface area contributed by atoms with Gasteiger partial charge in [0.15, 0.2) is 0 Å². The van der Waals surface area contributed by atoms with Gasteiger partial charge in [-0.05, 0) is 54.1 Å². The zero-order chi connectivity index (χ0) is 21.3. The Bertz CT molecular complexity index is 1210. The maximum Gasteiger partial charge on any atom is 0.573 e. The quantitative estimate of drug-likeness (QED) is 0.429. The molecule has 0 fully saturated rings. The number of benzene rings is 2. The molecule has 9 heteroatoms. The first-order valence-electron chi connectivity index (χ1n) is 8.61. The van der Waals surface area contributed by atoms with Crippen LogP contribution >= 0.6 is 0 Å². The number of pyridine rings is 1. The van der Waals surface area contributed by atoms with Crippen LogP contribution in [-0.4, -0.2) is 16.1 Å². The summed E-state index contributed by atoms with van der Waals surface area (Å²) >= 11 is 0. The van der Waals surface area contributed by atoms with Gasteiger partial charge in [0.05, 0.1) is 11.3 Å². The van der Waals surface area contributed by atoms with Gasteiger partial charge in [-0.3, -0.25) is 4.98 Å². The van der Waals surface area contributed by atoms with Gasteiger partial charge in [0.2, 0.25) is 0 Å². The van der Waals surface area contributed by atoms with Gasteiger partial charge in [-0.1, -0.05) is 12.1 Å². The number of hydrogen-bond acceptors (Lipinski definition) is 4. The highest BCUT2D eigenvalue weighted by Crippen LogP contribution is 2.33. The van der Waals surface area contributed by atoms with Gasteiger partial charge in [-0.25, -0.2) is 9.18 Å². The van der Waals surface area contributed by atoms with Gasteiger partial charge in [0, 0.05) is 18.0 Å². The monoisotopic (exact) mass is 416 g/mol. The van der Waals surface area contributed by atoms with Crippen LogP contribution in [0.5, 0.6) is 5.75 Å². The van der Waals surface area contributed by atoms with Crippen LogP contribution in [-0.2, 0) is 0 Å². The largest absolute Gasteiger partial charge is 0.573 e. The van der Waals surface area contributed by atoms with Crippen molar-refractivity contribution in [3.63, 3.8) is 0 Å². The maximum atomic E-state index is 13.3. The molecule has 0 aliphatic carbocycles. The molecule has 152 valence electrons. The molecule has 4 rings (SSSR count). The molecule has 0 atom stereocenters. The van der Waals surface area contributed by atoms with Crippen molar-refractivity contribution in [2.45, 2.75) is 6.36 Å². The zero-order valence-corrected chi connectivity index (χ0v) is 15.1. The fourth-order valence-corrected chi connectivity index (χ4v) is 2.98. The summed E-state index contributed by atoms with van der Waals surface area (Å²) < 4.78 is 61.0. The van der Waals surface area contributed by atoms with Gasteiger partial charge in [0.25, 0.3) is 0 Å². The summed E-state index contributed by atoms with van der Waals surface area (Å²) in [6.07, 6.45) is -1.78. The Kier molecular flexibility index (Phi) is 4.86. The van der Waals surface area contributed by atoms with Gasteiger partial charge < -0.3 is 9.26 Å². The molecule has 4 aromatic rings. The normalized spacial score (nSPS) is 11.5. The second-order valence-corrected chi connectivity index (χ2v) is 6.18. The van der Waals surface area contributed by atoms with Crippen LogP contribution in [0.2, 0.25) is 0 Å². The van der Waals surface area contributed by atoms with E-state index in [1.54, 1.807) is 12.1 Å². The van der Waals surface area contributed by atoms with E-state index < -0.39 is 23.6 Å². The molecule has 2 aromatic carbocycles. The standard InChI is InChI=1S/C21H12F4N2O3/c22-15-3-1-13(2-4-15)18-19(14-9-11-26-12-10-14)27(30-20(18)28)16-5-7-17(8-6-16)29-21(23,24)25/h1-12H. The summed E-state index contributed by atoms with van der Waals surface area (Å²) in [5.41, 5.74) is 1.12. The Hall–Kier alpha value is -3.88. The average Bonchev–Trinajstić information content (AvgIpc) is 3.06. The Morgan fingerprint density at radius 2 is 1.50 bits per heavy atom. The molecule has 0 saturated carbocycles. The minimum atomic E-state index is -4.82. The molecule has 5 nitrogen and oxygen atoms in total. The molecular formula is C21H12F4N2O3. The van der Waals surface area contributed by atoms with Gasteiger partial charge in [-0.15, -0.1) is 13.2 Å². The molecule has 0 radical (unpaired) electrons. The van der Waals surface area contributed by atoms with Crippen LogP contribution in [0.1, 0.15) is 0 Å². The molecule has 0 unspecified atom stereocenters. The number of alkyl halides is 3. The fraction of sp³-hybridized carbons (Fsp3) is 0.0476. The molecule has 0 saturated heterocycles. The summed E-state index contributed by atoms with van der Waals surface area (Å²) in [5.74, 6) is -0.877. The third-order valence-corrected chi connectivity index (χ3v) is 4.21. The van der Waals surface area contributed by atoms with E-state index in [1.807, 2.05) is 0 Å². The third kappa shape index (κ3) is 3.95. The SMILES string of the molecule is O=c1on(-c2ccc(OC(F)(F)F)cc2)c(-c2ccncc2)c1-c1ccc(F)cc1. The van der Waals surface area contributed by atoms with E-state index in [9.17, 15) is 22.4 Å². The Morgan fingerprint density at radius 1 is 0.867 bits per heavy atom. The van der Waals surface area contributed by atoms with E-state index in [4.69, 9.17) is 4.52 Å². The number of ether oxygens (including phenoxy) is 1. The van der Waals surface area contributed by atoms with E-state index in [0.717, 1.165) is 12.1 Å². The first kappa shape index (κ1) is 19.4. The van der Waals surface area contributed by atoms with Crippen molar-refractivity contribution in [1.82, 2.24) is 9.72 Å². The molecule has 0 aliphatic heterocycles.